The molecule has 0 saturated heterocycles. The lowest BCUT2D eigenvalue weighted by Gasteiger charge is -2.37. The SMILES string of the molecule is CC(C)N1C=C(C(=O)Nc2ccc(-c3cc(C=O)n4ncnc(N)c34)cc2)C(=O)N(c2ccccc2)C1. The minimum atomic E-state index is -0.501. The summed E-state index contributed by atoms with van der Waals surface area (Å²) in [7, 11) is 0. The van der Waals surface area contributed by atoms with Crippen molar-refractivity contribution in [1.82, 2.24) is 19.5 Å². The summed E-state index contributed by atoms with van der Waals surface area (Å²) in [5.41, 5.74) is 9.65. The van der Waals surface area contributed by atoms with Crippen LogP contribution in [0.2, 0.25) is 0 Å². The molecule has 0 atom stereocenters. The lowest BCUT2D eigenvalue weighted by molar-refractivity contribution is -0.120. The molecule has 2 aromatic heterocycles. The van der Waals surface area contributed by atoms with Crippen molar-refractivity contribution in [1.29, 1.82) is 0 Å². The third-order valence-electron chi connectivity index (χ3n) is 6.24. The molecule has 4 aromatic rings. The molecule has 0 radical (unpaired) electrons. The Kier molecular flexibility index (Phi) is 6.14. The van der Waals surface area contributed by atoms with Gasteiger partial charge in [-0.25, -0.2) is 9.50 Å². The minimum absolute atomic E-state index is 0.0480. The van der Waals surface area contributed by atoms with Gasteiger partial charge in [0.2, 0.25) is 0 Å². The van der Waals surface area contributed by atoms with Crippen LogP contribution in [0.25, 0.3) is 16.6 Å². The van der Waals surface area contributed by atoms with Gasteiger partial charge in [-0.05, 0) is 49.7 Å². The van der Waals surface area contributed by atoms with Crippen molar-refractivity contribution >= 4 is 40.8 Å². The van der Waals surface area contributed by atoms with E-state index in [9.17, 15) is 14.4 Å². The molecule has 10 heteroatoms. The van der Waals surface area contributed by atoms with Crippen LogP contribution in [-0.4, -0.2) is 50.3 Å². The van der Waals surface area contributed by atoms with Crippen molar-refractivity contribution in [3.63, 3.8) is 0 Å². The number of aromatic nitrogens is 3. The lowest BCUT2D eigenvalue weighted by atomic mass is 10.1. The number of rotatable bonds is 6. The number of fused-ring (bicyclic) bond motifs is 1. The number of para-hydroxylation sites is 1. The fourth-order valence-corrected chi connectivity index (χ4v) is 4.24. The predicted octanol–water partition coefficient (Wildman–Crippen LogP) is 3.33. The Bertz CT molecular complexity index is 1530. The van der Waals surface area contributed by atoms with E-state index in [4.69, 9.17) is 5.73 Å². The lowest BCUT2D eigenvalue weighted by Crippen LogP contribution is -2.49. The summed E-state index contributed by atoms with van der Waals surface area (Å²) in [6, 6.07) is 18.1. The predicted molar refractivity (Wildman–Crippen MR) is 141 cm³/mol. The topological polar surface area (TPSA) is 126 Å². The van der Waals surface area contributed by atoms with E-state index in [2.05, 4.69) is 15.4 Å². The fourth-order valence-electron chi connectivity index (χ4n) is 4.24. The van der Waals surface area contributed by atoms with Crippen LogP contribution in [0.4, 0.5) is 17.2 Å². The average molecular weight is 496 g/mol. The van der Waals surface area contributed by atoms with Gasteiger partial charge in [0, 0.05) is 29.2 Å². The molecule has 0 bridgehead atoms. The van der Waals surface area contributed by atoms with Crippen LogP contribution in [0.5, 0.6) is 0 Å². The quantitative estimate of drug-likeness (QED) is 0.310. The molecule has 3 heterocycles. The largest absolute Gasteiger partial charge is 0.382 e. The van der Waals surface area contributed by atoms with E-state index in [0.29, 0.717) is 35.4 Å². The molecule has 10 nitrogen and oxygen atoms in total. The van der Waals surface area contributed by atoms with Crippen molar-refractivity contribution in [3.8, 4) is 11.1 Å². The molecule has 37 heavy (non-hydrogen) atoms. The molecule has 5 rings (SSSR count). The van der Waals surface area contributed by atoms with Gasteiger partial charge in [0.25, 0.3) is 11.8 Å². The molecule has 3 N–H and O–H groups in total. The van der Waals surface area contributed by atoms with E-state index >= 15 is 0 Å². The van der Waals surface area contributed by atoms with Crippen molar-refractivity contribution in [2.75, 3.05) is 22.6 Å². The third-order valence-corrected chi connectivity index (χ3v) is 6.24. The fraction of sp³-hybridized carbons (Fsp3) is 0.148. The Hall–Kier alpha value is -4.99. The number of carbonyl (C=O) groups excluding carboxylic acids is 3. The number of nitrogens with zero attached hydrogens (tertiary/aromatic N) is 5. The Morgan fingerprint density at radius 1 is 1.11 bits per heavy atom. The molecular weight excluding hydrogens is 470 g/mol. The Morgan fingerprint density at radius 3 is 2.51 bits per heavy atom. The second-order valence-corrected chi connectivity index (χ2v) is 8.90. The van der Waals surface area contributed by atoms with Crippen LogP contribution >= 0.6 is 0 Å². The highest BCUT2D eigenvalue weighted by Crippen LogP contribution is 2.31. The third kappa shape index (κ3) is 4.40. The van der Waals surface area contributed by atoms with E-state index in [1.54, 1.807) is 41.4 Å². The van der Waals surface area contributed by atoms with Gasteiger partial charge in [0.1, 0.15) is 23.1 Å². The minimum Gasteiger partial charge on any atom is -0.382 e. The maximum atomic E-state index is 13.3. The highest BCUT2D eigenvalue weighted by atomic mass is 16.2. The highest BCUT2D eigenvalue weighted by Gasteiger charge is 2.32. The van der Waals surface area contributed by atoms with E-state index in [0.717, 1.165) is 11.3 Å². The van der Waals surface area contributed by atoms with E-state index in [1.807, 2.05) is 49.1 Å². The number of benzene rings is 2. The van der Waals surface area contributed by atoms with Crippen molar-refractivity contribution in [2.45, 2.75) is 19.9 Å². The average Bonchev–Trinajstić information content (AvgIpc) is 3.29. The number of nitrogen functional groups attached to an aromatic ring is 1. The summed E-state index contributed by atoms with van der Waals surface area (Å²) in [4.78, 5) is 45.5. The second kappa shape index (κ2) is 9.57. The second-order valence-electron chi connectivity index (χ2n) is 8.90. The molecular formula is C27H25N7O3. The standard InChI is InChI=1S/C27H25N7O3/c1-17(2)32-13-23(27(37)33(16-32)20-6-4-3-5-7-20)26(36)31-19-10-8-18(9-11-19)22-12-21(14-35)34-24(22)25(28)29-15-30-34/h3-15,17H,16H2,1-2H3,(H,31,36)(H2,28,29,30). The van der Waals surface area contributed by atoms with Crippen molar-refractivity contribution in [3.05, 3.63) is 84.5 Å². The van der Waals surface area contributed by atoms with Crippen LogP contribution in [0.15, 0.2) is 78.8 Å². The molecule has 1 aliphatic rings. The molecule has 0 unspecified atom stereocenters. The van der Waals surface area contributed by atoms with E-state index in [1.165, 1.54) is 10.8 Å². The number of anilines is 3. The number of carbonyl (C=O) groups is 3. The van der Waals surface area contributed by atoms with Gasteiger partial charge >= 0.3 is 0 Å². The smallest absolute Gasteiger partial charge is 0.266 e. The Balaban J connectivity index is 1.41. The van der Waals surface area contributed by atoms with E-state index < -0.39 is 5.91 Å². The number of hydrogen-bond donors (Lipinski definition) is 2. The molecule has 0 spiro atoms. The molecule has 0 fully saturated rings. The molecule has 0 aliphatic carbocycles. The van der Waals surface area contributed by atoms with Crippen molar-refractivity contribution < 1.29 is 14.4 Å². The number of nitrogens with two attached hydrogens (primary N) is 1. The van der Waals surface area contributed by atoms with Crippen LogP contribution in [0, 0.1) is 0 Å². The zero-order valence-electron chi connectivity index (χ0n) is 20.3. The van der Waals surface area contributed by atoms with Crippen LogP contribution in [0.3, 0.4) is 0 Å². The first-order chi connectivity index (χ1) is 17.9. The number of nitrogens with one attached hydrogen (secondary N) is 1. The molecule has 186 valence electrons. The molecule has 0 saturated carbocycles. The number of amides is 2. The van der Waals surface area contributed by atoms with Gasteiger partial charge in [-0.2, -0.15) is 5.10 Å². The Labute approximate surface area is 213 Å². The van der Waals surface area contributed by atoms with Gasteiger partial charge in [-0.1, -0.05) is 30.3 Å². The van der Waals surface area contributed by atoms with Gasteiger partial charge in [0.05, 0.1) is 6.67 Å². The zero-order chi connectivity index (χ0) is 26.1. The highest BCUT2D eigenvalue weighted by molar-refractivity contribution is 6.27. The Morgan fingerprint density at radius 2 is 1.84 bits per heavy atom. The summed E-state index contributed by atoms with van der Waals surface area (Å²) >= 11 is 0. The maximum absolute atomic E-state index is 13.3. The molecule has 2 amide bonds. The van der Waals surface area contributed by atoms with Crippen molar-refractivity contribution in [2.24, 2.45) is 0 Å². The normalized spacial score (nSPS) is 13.7. The summed E-state index contributed by atoms with van der Waals surface area (Å²) < 4.78 is 1.44. The van der Waals surface area contributed by atoms with Crippen LogP contribution < -0.4 is 16.0 Å². The zero-order valence-corrected chi connectivity index (χ0v) is 20.3. The first-order valence-electron chi connectivity index (χ1n) is 11.7. The summed E-state index contributed by atoms with van der Waals surface area (Å²) in [5.74, 6) is -0.621. The van der Waals surface area contributed by atoms with Gasteiger partial charge in [-0.15, -0.1) is 0 Å². The van der Waals surface area contributed by atoms with Gasteiger partial charge < -0.3 is 16.0 Å². The molecule has 2 aromatic carbocycles. The van der Waals surface area contributed by atoms with Gasteiger partial charge in [0.15, 0.2) is 12.1 Å². The van der Waals surface area contributed by atoms with E-state index in [-0.39, 0.29) is 23.3 Å². The van der Waals surface area contributed by atoms with Crippen LogP contribution in [0.1, 0.15) is 24.3 Å². The summed E-state index contributed by atoms with van der Waals surface area (Å²) in [5, 5.41) is 6.94. The molecule has 1 aliphatic heterocycles. The number of hydrogen-bond acceptors (Lipinski definition) is 7. The monoisotopic (exact) mass is 495 g/mol. The first-order valence-corrected chi connectivity index (χ1v) is 11.7. The summed E-state index contributed by atoms with van der Waals surface area (Å²) in [6.07, 6.45) is 3.61. The first kappa shape index (κ1) is 23.7. The van der Waals surface area contributed by atoms with Crippen LogP contribution in [-0.2, 0) is 9.59 Å². The van der Waals surface area contributed by atoms with Gasteiger partial charge in [-0.3, -0.25) is 19.3 Å². The maximum Gasteiger partial charge on any atom is 0.266 e. The summed E-state index contributed by atoms with van der Waals surface area (Å²) in [6.45, 7) is 4.36. The number of aldehydes is 1.